The highest BCUT2D eigenvalue weighted by Crippen LogP contribution is 2.39. The van der Waals surface area contributed by atoms with Crippen molar-refractivity contribution in [3.63, 3.8) is 0 Å². The van der Waals surface area contributed by atoms with E-state index in [2.05, 4.69) is 6.07 Å². The molecule has 4 nitrogen and oxygen atoms in total. The van der Waals surface area contributed by atoms with Crippen molar-refractivity contribution in [3.05, 3.63) is 29.3 Å². The first-order valence-electron chi connectivity index (χ1n) is 6.26. The number of rotatable bonds is 4. The number of methoxy groups -OCH3 is 1. The minimum atomic E-state index is -0.140. The predicted molar refractivity (Wildman–Crippen MR) is 71.7 cm³/mol. The van der Waals surface area contributed by atoms with Gasteiger partial charge in [0.1, 0.15) is 0 Å². The van der Waals surface area contributed by atoms with Crippen molar-refractivity contribution in [1.82, 2.24) is 0 Å². The summed E-state index contributed by atoms with van der Waals surface area (Å²) in [6, 6.07) is 5.87. The molecular weight excluding hydrogens is 228 g/mol. The fourth-order valence-electron chi connectivity index (χ4n) is 2.54. The molecule has 18 heavy (non-hydrogen) atoms. The van der Waals surface area contributed by atoms with Crippen LogP contribution in [0.2, 0.25) is 0 Å². The lowest BCUT2D eigenvalue weighted by Gasteiger charge is -2.14. The van der Waals surface area contributed by atoms with Crippen LogP contribution in [-0.4, -0.2) is 26.7 Å². The lowest BCUT2D eigenvalue weighted by Crippen LogP contribution is -2.23. The Balaban J connectivity index is 2.38. The van der Waals surface area contributed by atoms with Gasteiger partial charge in [0.2, 0.25) is 5.91 Å². The number of nitrogens with zero attached hydrogens (tertiary/aromatic N) is 1. The molecule has 0 saturated carbocycles. The Labute approximate surface area is 108 Å². The molecule has 2 unspecified atom stereocenters. The molecule has 0 aliphatic carbocycles. The Morgan fingerprint density at radius 3 is 2.83 bits per heavy atom. The Morgan fingerprint density at radius 2 is 2.22 bits per heavy atom. The van der Waals surface area contributed by atoms with Crippen molar-refractivity contribution in [3.8, 4) is 0 Å². The van der Waals surface area contributed by atoms with Gasteiger partial charge in [-0.05, 0) is 23.6 Å². The second kappa shape index (κ2) is 5.08. The molecule has 4 heteroatoms. The molecule has 1 amide bonds. The zero-order chi connectivity index (χ0) is 13.3. The summed E-state index contributed by atoms with van der Waals surface area (Å²) in [7, 11) is 3.46. The summed E-state index contributed by atoms with van der Waals surface area (Å²) in [6.07, 6.45) is 0.819. The summed E-state index contributed by atoms with van der Waals surface area (Å²) < 4.78 is 5.07. The van der Waals surface area contributed by atoms with Gasteiger partial charge >= 0.3 is 0 Å². The van der Waals surface area contributed by atoms with Crippen LogP contribution < -0.4 is 10.6 Å². The van der Waals surface area contributed by atoms with Gasteiger partial charge in [0.25, 0.3) is 0 Å². The molecule has 1 aliphatic heterocycles. The standard InChI is InChI=1S/C14H20N2O2/c1-4-10-11-7-9(12(15)8-18-3)5-6-13(11)16(2)14(10)17/h5-7,10,12H,4,8,15H2,1-3H3. The number of anilines is 1. The summed E-state index contributed by atoms with van der Waals surface area (Å²) in [4.78, 5) is 13.8. The normalized spacial score (nSPS) is 20.1. The van der Waals surface area contributed by atoms with Crippen molar-refractivity contribution >= 4 is 11.6 Å². The van der Waals surface area contributed by atoms with E-state index in [1.165, 1.54) is 0 Å². The maximum absolute atomic E-state index is 12.1. The molecule has 0 fully saturated rings. The molecule has 1 aromatic rings. The molecular formula is C14H20N2O2. The second-order valence-electron chi connectivity index (χ2n) is 4.74. The monoisotopic (exact) mass is 248 g/mol. The molecule has 0 spiro atoms. The van der Waals surface area contributed by atoms with Crippen LogP contribution >= 0.6 is 0 Å². The van der Waals surface area contributed by atoms with E-state index >= 15 is 0 Å². The van der Waals surface area contributed by atoms with E-state index in [4.69, 9.17) is 10.5 Å². The van der Waals surface area contributed by atoms with Crippen LogP contribution in [0.4, 0.5) is 5.69 Å². The Hall–Kier alpha value is -1.39. The van der Waals surface area contributed by atoms with Gasteiger partial charge in [-0.25, -0.2) is 0 Å². The van der Waals surface area contributed by atoms with Crippen molar-refractivity contribution in [1.29, 1.82) is 0 Å². The average Bonchev–Trinajstić information content (AvgIpc) is 2.61. The summed E-state index contributed by atoms with van der Waals surface area (Å²) in [5.74, 6) is 0.143. The molecule has 0 saturated heterocycles. The summed E-state index contributed by atoms with van der Waals surface area (Å²) in [6.45, 7) is 2.52. The molecule has 0 aromatic heterocycles. The molecule has 2 atom stereocenters. The van der Waals surface area contributed by atoms with Crippen LogP contribution in [0.1, 0.15) is 36.4 Å². The zero-order valence-electron chi connectivity index (χ0n) is 11.1. The topological polar surface area (TPSA) is 55.6 Å². The van der Waals surface area contributed by atoms with Gasteiger partial charge in [0.05, 0.1) is 18.6 Å². The molecule has 1 aliphatic rings. The predicted octanol–water partition coefficient (Wildman–Crippen LogP) is 1.80. The van der Waals surface area contributed by atoms with Crippen LogP contribution in [0.15, 0.2) is 18.2 Å². The highest BCUT2D eigenvalue weighted by molar-refractivity contribution is 6.04. The fraction of sp³-hybridized carbons (Fsp3) is 0.500. The van der Waals surface area contributed by atoms with E-state index < -0.39 is 0 Å². The summed E-state index contributed by atoms with van der Waals surface area (Å²) in [5.41, 5.74) is 9.15. The average molecular weight is 248 g/mol. The van der Waals surface area contributed by atoms with E-state index in [1.807, 2.05) is 26.1 Å². The molecule has 0 bridgehead atoms. The second-order valence-corrected chi connectivity index (χ2v) is 4.74. The Kier molecular flexibility index (Phi) is 3.68. The van der Waals surface area contributed by atoms with Crippen LogP contribution in [0.25, 0.3) is 0 Å². The number of likely N-dealkylation sites (N-methyl/N-ethyl adjacent to an activating group) is 1. The maximum atomic E-state index is 12.1. The number of carbonyl (C=O) groups excluding carboxylic acids is 1. The van der Waals surface area contributed by atoms with E-state index in [-0.39, 0.29) is 17.9 Å². The third kappa shape index (κ3) is 2.02. The molecule has 2 N–H and O–H groups in total. The van der Waals surface area contributed by atoms with Crippen LogP contribution in [0.3, 0.4) is 0 Å². The fourth-order valence-corrected chi connectivity index (χ4v) is 2.54. The first-order valence-corrected chi connectivity index (χ1v) is 6.26. The van der Waals surface area contributed by atoms with Gasteiger partial charge in [-0.15, -0.1) is 0 Å². The first-order chi connectivity index (χ1) is 8.60. The number of hydrogen-bond acceptors (Lipinski definition) is 3. The quantitative estimate of drug-likeness (QED) is 0.884. The van der Waals surface area contributed by atoms with Gasteiger partial charge < -0.3 is 15.4 Å². The van der Waals surface area contributed by atoms with Gasteiger partial charge in [-0.3, -0.25) is 4.79 Å². The Morgan fingerprint density at radius 1 is 1.50 bits per heavy atom. The molecule has 1 aromatic carbocycles. The number of carbonyl (C=O) groups is 1. The lowest BCUT2D eigenvalue weighted by molar-refractivity contribution is -0.119. The number of nitrogens with two attached hydrogens (primary N) is 1. The van der Waals surface area contributed by atoms with Crippen molar-refractivity contribution in [2.24, 2.45) is 5.73 Å². The van der Waals surface area contributed by atoms with Gasteiger partial charge in [0, 0.05) is 19.8 Å². The molecule has 1 heterocycles. The number of amides is 1. The molecule has 0 radical (unpaired) electrons. The van der Waals surface area contributed by atoms with Crippen molar-refractivity contribution in [2.75, 3.05) is 25.7 Å². The number of fused-ring (bicyclic) bond motifs is 1. The zero-order valence-corrected chi connectivity index (χ0v) is 11.1. The van der Waals surface area contributed by atoms with Gasteiger partial charge in [-0.2, -0.15) is 0 Å². The van der Waals surface area contributed by atoms with Crippen LogP contribution in [-0.2, 0) is 9.53 Å². The third-order valence-electron chi connectivity index (χ3n) is 3.60. The lowest BCUT2D eigenvalue weighted by atomic mass is 9.95. The smallest absolute Gasteiger partial charge is 0.234 e. The maximum Gasteiger partial charge on any atom is 0.234 e. The molecule has 98 valence electrons. The van der Waals surface area contributed by atoms with Gasteiger partial charge in [0.15, 0.2) is 0 Å². The Bertz CT molecular complexity index is 459. The first kappa shape index (κ1) is 13.1. The SMILES string of the molecule is CCC1C(=O)N(C)c2ccc(C(N)COC)cc21. The summed E-state index contributed by atoms with van der Waals surface area (Å²) >= 11 is 0. The molecule has 2 rings (SSSR count). The largest absolute Gasteiger partial charge is 0.383 e. The number of ether oxygens (including phenoxy) is 1. The summed E-state index contributed by atoms with van der Waals surface area (Å²) in [5, 5.41) is 0. The minimum Gasteiger partial charge on any atom is -0.383 e. The highest BCUT2D eigenvalue weighted by Gasteiger charge is 2.34. The van der Waals surface area contributed by atoms with E-state index in [0.29, 0.717) is 6.61 Å². The minimum absolute atomic E-state index is 0.0281. The van der Waals surface area contributed by atoms with Crippen molar-refractivity contribution in [2.45, 2.75) is 25.3 Å². The van der Waals surface area contributed by atoms with E-state index in [9.17, 15) is 4.79 Å². The third-order valence-corrected chi connectivity index (χ3v) is 3.60. The van der Waals surface area contributed by atoms with E-state index in [1.54, 1.807) is 12.0 Å². The highest BCUT2D eigenvalue weighted by atomic mass is 16.5. The number of hydrogen-bond donors (Lipinski definition) is 1. The van der Waals surface area contributed by atoms with Crippen molar-refractivity contribution < 1.29 is 9.53 Å². The number of benzene rings is 1. The van der Waals surface area contributed by atoms with E-state index in [0.717, 1.165) is 23.2 Å². The van der Waals surface area contributed by atoms with Gasteiger partial charge in [-0.1, -0.05) is 19.1 Å². The van der Waals surface area contributed by atoms with Crippen LogP contribution in [0.5, 0.6) is 0 Å². The van der Waals surface area contributed by atoms with Crippen LogP contribution in [0, 0.1) is 0 Å².